The summed E-state index contributed by atoms with van der Waals surface area (Å²) < 4.78 is 0. The van der Waals surface area contributed by atoms with E-state index in [-0.39, 0.29) is 24.0 Å². The van der Waals surface area contributed by atoms with Crippen molar-refractivity contribution < 1.29 is 0 Å². The van der Waals surface area contributed by atoms with Gasteiger partial charge in [0.2, 0.25) is 0 Å². The molecule has 0 aliphatic carbocycles. The van der Waals surface area contributed by atoms with Gasteiger partial charge in [0.05, 0.1) is 6.54 Å². The van der Waals surface area contributed by atoms with E-state index in [1.54, 1.807) is 0 Å². The molecule has 0 aliphatic rings. The molecule has 26 heavy (non-hydrogen) atoms. The fourth-order valence-corrected chi connectivity index (χ4v) is 2.52. The lowest BCUT2D eigenvalue weighted by atomic mass is 10.1. The molecule has 2 aromatic rings. The van der Waals surface area contributed by atoms with Gasteiger partial charge in [-0.1, -0.05) is 54.1 Å². The van der Waals surface area contributed by atoms with Gasteiger partial charge in [0.15, 0.2) is 5.96 Å². The van der Waals surface area contributed by atoms with E-state index in [9.17, 15) is 0 Å². The lowest BCUT2D eigenvalue weighted by Gasteiger charge is -2.12. The van der Waals surface area contributed by atoms with Gasteiger partial charge < -0.3 is 15.5 Å². The van der Waals surface area contributed by atoms with Gasteiger partial charge >= 0.3 is 0 Å². The van der Waals surface area contributed by atoms with Crippen LogP contribution >= 0.6 is 24.0 Å². The lowest BCUT2D eigenvalue weighted by Crippen LogP contribution is -2.36. The maximum Gasteiger partial charge on any atom is 0.191 e. The summed E-state index contributed by atoms with van der Waals surface area (Å²) in [6.45, 7) is 7.44. The van der Waals surface area contributed by atoms with Gasteiger partial charge in [0.25, 0.3) is 0 Å². The first kappa shape index (κ1) is 22.4. The van der Waals surface area contributed by atoms with E-state index in [0.717, 1.165) is 25.6 Å². The Morgan fingerprint density at radius 2 is 1.46 bits per heavy atom. The van der Waals surface area contributed by atoms with E-state index in [2.05, 4.69) is 92.0 Å². The van der Waals surface area contributed by atoms with E-state index < -0.39 is 0 Å². The second-order valence-electron chi connectivity index (χ2n) is 6.59. The van der Waals surface area contributed by atoms with Crippen LogP contribution in [0.1, 0.15) is 29.2 Å². The van der Waals surface area contributed by atoms with Crippen LogP contribution in [0.5, 0.6) is 0 Å². The first-order valence-electron chi connectivity index (χ1n) is 8.87. The largest absolute Gasteiger partial charge is 0.357 e. The Kier molecular flexibility index (Phi) is 10.3. The third kappa shape index (κ3) is 8.19. The molecule has 2 aromatic carbocycles. The Labute approximate surface area is 175 Å². The van der Waals surface area contributed by atoms with Crippen molar-refractivity contribution in [1.29, 1.82) is 0 Å². The van der Waals surface area contributed by atoms with Crippen LogP contribution in [0, 0.1) is 6.92 Å². The van der Waals surface area contributed by atoms with Gasteiger partial charge in [0.1, 0.15) is 0 Å². The first-order valence-corrected chi connectivity index (χ1v) is 8.87. The van der Waals surface area contributed by atoms with Gasteiger partial charge in [-0.3, -0.25) is 0 Å². The Balaban J connectivity index is 0.00000338. The van der Waals surface area contributed by atoms with Crippen LogP contribution in [0.2, 0.25) is 0 Å². The monoisotopic (exact) mass is 466 g/mol. The molecule has 0 unspecified atom stereocenters. The maximum absolute atomic E-state index is 4.69. The van der Waals surface area contributed by atoms with Crippen molar-refractivity contribution in [3.8, 4) is 0 Å². The summed E-state index contributed by atoms with van der Waals surface area (Å²) in [6.07, 6.45) is 0. The number of guanidine groups is 1. The predicted octanol–water partition coefficient (Wildman–Crippen LogP) is 3.93. The minimum atomic E-state index is 0. The summed E-state index contributed by atoms with van der Waals surface area (Å²) in [7, 11) is 4.17. The molecule has 0 bridgehead atoms. The molecule has 5 heteroatoms. The zero-order chi connectivity index (χ0) is 18.1. The Morgan fingerprint density at radius 1 is 0.885 bits per heavy atom. The molecule has 0 fully saturated rings. The number of rotatable bonds is 7. The average molecular weight is 466 g/mol. The molecule has 0 atom stereocenters. The molecular weight excluding hydrogens is 435 g/mol. The summed E-state index contributed by atoms with van der Waals surface area (Å²) in [6, 6.07) is 17.2. The van der Waals surface area contributed by atoms with Crippen LogP contribution in [0.4, 0.5) is 0 Å². The SMILES string of the molecule is CCNC(=NCc1ccc(CN(C)C)cc1)NCc1ccc(C)cc1.I. The minimum absolute atomic E-state index is 0. The number of aryl methyl sites for hydroxylation is 1. The molecule has 0 heterocycles. The summed E-state index contributed by atoms with van der Waals surface area (Å²) >= 11 is 0. The highest BCUT2D eigenvalue weighted by molar-refractivity contribution is 14.0. The fourth-order valence-electron chi connectivity index (χ4n) is 2.52. The smallest absolute Gasteiger partial charge is 0.191 e. The van der Waals surface area contributed by atoms with Crippen molar-refractivity contribution in [2.75, 3.05) is 20.6 Å². The molecule has 0 spiro atoms. The van der Waals surface area contributed by atoms with E-state index in [1.807, 2.05) is 0 Å². The van der Waals surface area contributed by atoms with Crippen molar-refractivity contribution in [2.24, 2.45) is 4.99 Å². The summed E-state index contributed by atoms with van der Waals surface area (Å²) in [4.78, 5) is 6.86. The van der Waals surface area contributed by atoms with Crippen LogP contribution in [0.15, 0.2) is 53.5 Å². The van der Waals surface area contributed by atoms with Crippen molar-refractivity contribution in [2.45, 2.75) is 33.5 Å². The highest BCUT2D eigenvalue weighted by Gasteiger charge is 2.00. The van der Waals surface area contributed by atoms with E-state index in [1.165, 1.54) is 22.3 Å². The van der Waals surface area contributed by atoms with Gasteiger partial charge in [-0.05, 0) is 44.6 Å². The number of nitrogens with zero attached hydrogens (tertiary/aromatic N) is 2. The molecular formula is C21H31IN4. The summed E-state index contributed by atoms with van der Waals surface area (Å²) in [5, 5.41) is 6.70. The van der Waals surface area contributed by atoms with Crippen molar-refractivity contribution in [1.82, 2.24) is 15.5 Å². The van der Waals surface area contributed by atoms with Crippen LogP contribution < -0.4 is 10.6 Å². The zero-order valence-corrected chi connectivity index (χ0v) is 18.6. The highest BCUT2D eigenvalue weighted by atomic mass is 127. The predicted molar refractivity (Wildman–Crippen MR) is 122 cm³/mol. The number of hydrogen-bond donors (Lipinski definition) is 2. The molecule has 0 aliphatic heterocycles. The number of aliphatic imine (C=N–C) groups is 1. The number of nitrogens with one attached hydrogen (secondary N) is 2. The molecule has 0 saturated carbocycles. The van der Waals surface area contributed by atoms with Crippen LogP contribution in [0.25, 0.3) is 0 Å². The third-order valence-corrected chi connectivity index (χ3v) is 3.87. The molecule has 0 aromatic heterocycles. The molecule has 0 saturated heterocycles. The Hall–Kier alpha value is -1.60. The summed E-state index contributed by atoms with van der Waals surface area (Å²) in [5.41, 5.74) is 5.07. The lowest BCUT2D eigenvalue weighted by molar-refractivity contribution is 0.402. The van der Waals surface area contributed by atoms with Crippen LogP contribution in [-0.4, -0.2) is 31.5 Å². The van der Waals surface area contributed by atoms with E-state index in [0.29, 0.717) is 6.54 Å². The van der Waals surface area contributed by atoms with E-state index in [4.69, 9.17) is 4.99 Å². The Morgan fingerprint density at radius 3 is 2.04 bits per heavy atom. The number of halogens is 1. The Bertz CT molecular complexity index is 663. The summed E-state index contributed by atoms with van der Waals surface area (Å²) in [5.74, 6) is 0.848. The average Bonchev–Trinajstić information content (AvgIpc) is 2.59. The second kappa shape index (κ2) is 11.9. The van der Waals surface area contributed by atoms with E-state index >= 15 is 0 Å². The van der Waals surface area contributed by atoms with Gasteiger partial charge in [-0.25, -0.2) is 4.99 Å². The van der Waals surface area contributed by atoms with Crippen molar-refractivity contribution >= 4 is 29.9 Å². The zero-order valence-electron chi connectivity index (χ0n) is 16.2. The van der Waals surface area contributed by atoms with Gasteiger partial charge in [0, 0.05) is 19.6 Å². The first-order chi connectivity index (χ1) is 12.1. The topological polar surface area (TPSA) is 39.7 Å². The molecule has 2 N–H and O–H groups in total. The van der Waals surface area contributed by atoms with Gasteiger partial charge in [-0.15, -0.1) is 24.0 Å². The van der Waals surface area contributed by atoms with Crippen LogP contribution in [0.3, 0.4) is 0 Å². The normalized spacial score (nSPS) is 11.2. The molecule has 2 rings (SSSR count). The van der Waals surface area contributed by atoms with Crippen molar-refractivity contribution in [3.05, 3.63) is 70.8 Å². The van der Waals surface area contributed by atoms with Crippen molar-refractivity contribution in [3.63, 3.8) is 0 Å². The second-order valence-corrected chi connectivity index (χ2v) is 6.59. The molecule has 4 nitrogen and oxygen atoms in total. The minimum Gasteiger partial charge on any atom is -0.357 e. The third-order valence-electron chi connectivity index (χ3n) is 3.87. The highest BCUT2D eigenvalue weighted by Crippen LogP contribution is 2.07. The maximum atomic E-state index is 4.69. The number of hydrogen-bond acceptors (Lipinski definition) is 2. The molecule has 142 valence electrons. The molecule has 0 amide bonds. The van der Waals surface area contributed by atoms with Crippen LogP contribution in [-0.2, 0) is 19.6 Å². The van der Waals surface area contributed by atoms with Gasteiger partial charge in [-0.2, -0.15) is 0 Å². The quantitative estimate of drug-likeness (QED) is 0.369. The fraction of sp³-hybridized carbons (Fsp3) is 0.381. The molecule has 0 radical (unpaired) electrons. The number of benzene rings is 2. The standard InChI is InChI=1S/C21H30N4.HI/c1-5-22-21(23-14-18-8-6-17(2)7-9-18)24-15-19-10-12-20(13-11-19)16-25(3)4;/h6-13H,5,14-16H2,1-4H3,(H2,22,23,24);1H.